The number of halogens is 2. The van der Waals surface area contributed by atoms with Crippen molar-refractivity contribution in [2.75, 3.05) is 6.61 Å². The third-order valence-electron chi connectivity index (χ3n) is 1.71. The Hall–Kier alpha value is -1.11. The van der Waals surface area contributed by atoms with Gasteiger partial charge in [-0.05, 0) is 6.07 Å². The van der Waals surface area contributed by atoms with E-state index in [1.807, 2.05) is 0 Å². The highest BCUT2D eigenvalue weighted by Crippen LogP contribution is 2.17. The van der Waals surface area contributed by atoms with Gasteiger partial charge in [-0.1, -0.05) is 0 Å². The molecule has 1 heterocycles. The molecule has 0 aliphatic carbocycles. The molecule has 0 spiro atoms. The van der Waals surface area contributed by atoms with Crippen LogP contribution in [0.15, 0.2) is 12.3 Å². The van der Waals surface area contributed by atoms with Crippen molar-refractivity contribution < 1.29 is 24.1 Å². The number of aliphatic hydroxyl groups is 3. The van der Waals surface area contributed by atoms with Crippen LogP contribution in [-0.4, -0.2) is 33.0 Å². The predicted molar refractivity (Wildman–Crippen MR) is 42.2 cm³/mol. The van der Waals surface area contributed by atoms with Gasteiger partial charge in [0.25, 0.3) is 0 Å². The Morgan fingerprint density at radius 2 is 2.00 bits per heavy atom. The molecule has 0 aliphatic rings. The fraction of sp³-hybridized carbons (Fsp3) is 0.375. The van der Waals surface area contributed by atoms with Crippen LogP contribution in [0, 0.1) is 11.8 Å². The van der Waals surface area contributed by atoms with Gasteiger partial charge in [0, 0.05) is 11.8 Å². The van der Waals surface area contributed by atoms with Gasteiger partial charge in [-0.15, -0.1) is 0 Å². The van der Waals surface area contributed by atoms with Crippen LogP contribution in [0.3, 0.4) is 0 Å². The Bertz CT molecular complexity index is 321. The van der Waals surface area contributed by atoms with Crippen molar-refractivity contribution in [2.24, 2.45) is 0 Å². The standard InChI is InChI=1S/C8H9F2NO3/c9-5-1-4(2-11-8(5)10)7(14)6(13)3-12/h1-2,6-7,12-14H,3H2. The van der Waals surface area contributed by atoms with Gasteiger partial charge in [0.15, 0.2) is 5.82 Å². The second-order valence-electron chi connectivity index (χ2n) is 2.74. The van der Waals surface area contributed by atoms with E-state index in [9.17, 15) is 13.9 Å². The lowest BCUT2D eigenvalue weighted by atomic mass is 10.1. The van der Waals surface area contributed by atoms with Gasteiger partial charge >= 0.3 is 0 Å². The molecule has 2 atom stereocenters. The number of pyridine rings is 1. The highest BCUT2D eigenvalue weighted by atomic mass is 19.2. The van der Waals surface area contributed by atoms with Crippen LogP contribution < -0.4 is 0 Å². The largest absolute Gasteiger partial charge is 0.394 e. The Kier molecular flexibility index (Phi) is 3.45. The maximum Gasteiger partial charge on any atom is 0.248 e. The number of rotatable bonds is 3. The zero-order valence-electron chi connectivity index (χ0n) is 7.06. The maximum atomic E-state index is 12.6. The molecule has 4 nitrogen and oxygen atoms in total. The SMILES string of the molecule is OCC(O)C(O)c1cnc(F)c(F)c1. The Balaban J connectivity index is 2.91. The van der Waals surface area contributed by atoms with Gasteiger partial charge in [0.1, 0.15) is 12.2 Å². The Labute approximate surface area is 78.5 Å². The Morgan fingerprint density at radius 3 is 2.50 bits per heavy atom. The normalized spacial score (nSPS) is 15.2. The van der Waals surface area contributed by atoms with E-state index in [4.69, 9.17) is 10.2 Å². The minimum absolute atomic E-state index is 0.0922. The van der Waals surface area contributed by atoms with Crippen LogP contribution in [0.4, 0.5) is 8.78 Å². The molecule has 0 aromatic carbocycles. The third-order valence-corrected chi connectivity index (χ3v) is 1.71. The van der Waals surface area contributed by atoms with Crippen molar-refractivity contribution in [1.82, 2.24) is 4.98 Å². The van der Waals surface area contributed by atoms with E-state index in [1.165, 1.54) is 0 Å². The summed E-state index contributed by atoms with van der Waals surface area (Å²) in [4.78, 5) is 3.02. The van der Waals surface area contributed by atoms with Gasteiger partial charge in [0.2, 0.25) is 5.95 Å². The molecule has 0 bridgehead atoms. The van der Waals surface area contributed by atoms with E-state index in [2.05, 4.69) is 4.98 Å². The first kappa shape index (κ1) is 11.0. The molecule has 1 aromatic rings. The minimum atomic E-state index is -1.48. The molecule has 3 N–H and O–H groups in total. The molecule has 0 saturated carbocycles. The zero-order valence-corrected chi connectivity index (χ0v) is 7.06. The molecular formula is C8H9F2NO3. The lowest BCUT2D eigenvalue weighted by Crippen LogP contribution is -2.22. The molecule has 1 rings (SSSR count). The van der Waals surface area contributed by atoms with Gasteiger partial charge in [-0.3, -0.25) is 0 Å². The quantitative estimate of drug-likeness (QED) is 0.595. The third kappa shape index (κ3) is 2.22. The molecule has 78 valence electrons. The van der Waals surface area contributed by atoms with E-state index in [0.29, 0.717) is 6.07 Å². The van der Waals surface area contributed by atoms with Crippen molar-refractivity contribution in [2.45, 2.75) is 12.2 Å². The summed E-state index contributed by atoms with van der Waals surface area (Å²) in [5.74, 6) is -2.49. The molecule has 0 saturated heterocycles. The summed E-state index contributed by atoms with van der Waals surface area (Å²) in [6, 6.07) is 0.714. The zero-order chi connectivity index (χ0) is 10.7. The molecule has 0 radical (unpaired) electrons. The molecule has 14 heavy (non-hydrogen) atoms. The van der Waals surface area contributed by atoms with Crippen LogP contribution in [0.1, 0.15) is 11.7 Å². The summed E-state index contributed by atoms with van der Waals surface area (Å²) in [6.45, 7) is -0.680. The van der Waals surface area contributed by atoms with Crippen molar-refractivity contribution in [3.05, 3.63) is 29.6 Å². The molecular weight excluding hydrogens is 196 g/mol. The summed E-state index contributed by atoms with van der Waals surface area (Å²) >= 11 is 0. The summed E-state index contributed by atoms with van der Waals surface area (Å²) in [7, 11) is 0. The van der Waals surface area contributed by atoms with Crippen molar-refractivity contribution in [3.8, 4) is 0 Å². The maximum absolute atomic E-state index is 12.6. The molecule has 6 heteroatoms. The average Bonchev–Trinajstić information content (AvgIpc) is 2.20. The molecule has 0 fully saturated rings. The van der Waals surface area contributed by atoms with E-state index in [1.54, 1.807) is 0 Å². The van der Waals surface area contributed by atoms with E-state index >= 15 is 0 Å². The predicted octanol–water partition coefficient (Wildman–Crippen LogP) is -0.254. The first-order valence-electron chi connectivity index (χ1n) is 3.84. The van der Waals surface area contributed by atoms with Crippen LogP contribution in [-0.2, 0) is 0 Å². The van der Waals surface area contributed by atoms with Crippen LogP contribution >= 0.6 is 0 Å². The lowest BCUT2D eigenvalue weighted by molar-refractivity contribution is -0.0156. The van der Waals surface area contributed by atoms with E-state index in [-0.39, 0.29) is 5.56 Å². The van der Waals surface area contributed by atoms with Gasteiger partial charge < -0.3 is 15.3 Å². The van der Waals surface area contributed by atoms with Crippen molar-refractivity contribution in [1.29, 1.82) is 0 Å². The fourth-order valence-corrected chi connectivity index (χ4v) is 0.920. The summed E-state index contributed by atoms with van der Waals surface area (Å²) in [6.07, 6.45) is -2.04. The van der Waals surface area contributed by atoms with Crippen LogP contribution in [0.5, 0.6) is 0 Å². The lowest BCUT2D eigenvalue weighted by Gasteiger charge is -2.15. The minimum Gasteiger partial charge on any atom is -0.394 e. The van der Waals surface area contributed by atoms with E-state index in [0.717, 1.165) is 6.20 Å². The monoisotopic (exact) mass is 205 g/mol. The topological polar surface area (TPSA) is 73.6 Å². The van der Waals surface area contributed by atoms with Crippen molar-refractivity contribution in [3.63, 3.8) is 0 Å². The van der Waals surface area contributed by atoms with Gasteiger partial charge in [-0.25, -0.2) is 9.37 Å². The number of hydrogen-bond acceptors (Lipinski definition) is 4. The van der Waals surface area contributed by atoms with E-state index < -0.39 is 30.6 Å². The smallest absolute Gasteiger partial charge is 0.248 e. The molecule has 0 amide bonds. The molecule has 1 aromatic heterocycles. The summed E-state index contributed by atoms with van der Waals surface area (Å²) in [5.41, 5.74) is -0.0922. The van der Waals surface area contributed by atoms with Gasteiger partial charge in [0.05, 0.1) is 6.61 Å². The number of aliphatic hydroxyl groups excluding tert-OH is 3. The first-order valence-corrected chi connectivity index (χ1v) is 3.84. The average molecular weight is 205 g/mol. The summed E-state index contributed by atoms with van der Waals surface area (Å²) in [5, 5.41) is 26.8. The Morgan fingerprint density at radius 1 is 1.36 bits per heavy atom. The fourth-order valence-electron chi connectivity index (χ4n) is 0.920. The van der Waals surface area contributed by atoms with Crippen LogP contribution in [0.25, 0.3) is 0 Å². The highest BCUT2D eigenvalue weighted by molar-refractivity contribution is 5.15. The second kappa shape index (κ2) is 4.41. The number of nitrogens with zero attached hydrogens (tertiary/aromatic N) is 1. The van der Waals surface area contributed by atoms with Crippen molar-refractivity contribution >= 4 is 0 Å². The highest BCUT2D eigenvalue weighted by Gasteiger charge is 2.19. The van der Waals surface area contributed by atoms with Crippen LogP contribution in [0.2, 0.25) is 0 Å². The first-order chi connectivity index (χ1) is 6.56. The number of hydrogen-bond donors (Lipinski definition) is 3. The molecule has 2 unspecified atom stereocenters. The molecule has 0 aliphatic heterocycles. The number of aromatic nitrogens is 1. The second-order valence-corrected chi connectivity index (χ2v) is 2.74. The summed E-state index contributed by atoms with van der Waals surface area (Å²) < 4.78 is 25.0. The van der Waals surface area contributed by atoms with Gasteiger partial charge in [-0.2, -0.15) is 4.39 Å².